The first-order valence-electron chi connectivity index (χ1n) is 15.2. The largest absolute Gasteiger partial charge is 0.490 e. The quantitative estimate of drug-likeness (QED) is 0.135. The predicted octanol–water partition coefficient (Wildman–Crippen LogP) is 10.8. The molecule has 0 bridgehead atoms. The Morgan fingerprint density at radius 3 is 2.22 bits per heavy atom. The molecule has 0 amide bonds. The molecule has 2 unspecified atom stereocenters. The zero-order valence-electron chi connectivity index (χ0n) is 24.3. The van der Waals surface area contributed by atoms with Gasteiger partial charge in [-0.25, -0.2) is 8.78 Å². The van der Waals surface area contributed by atoms with Gasteiger partial charge >= 0.3 is 0 Å². The van der Waals surface area contributed by atoms with Gasteiger partial charge in [-0.15, -0.1) is 6.58 Å². The van der Waals surface area contributed by atoms with Crippen LogP contribution in [-0.2, 0) is 4.74 Å². The van der Waals surface area contributed by atoms with Crippen LogP contribution in [0.3, 0.4) is 0 Å². The summed E-state index contributed by atoms with van der Waals surface area (Å²) in [7, 11) is 0. The molecule has 220 valence electrons. The first-order valence-corrected chi connectivity index (χ1v) is 15.2. The Balaban J connectivity index is 1.34. The molecule has 0 radical (unpaired) electrons. The van der Waals surface area contributed by atoms with Gasteiger partial charge in [0.25, 0.3) is 0 Å². The van der Waals surface area contributed by atoms with Crippen molar-refractivity contribution in [1.82, 2.24) is 0 Å². The van der Waals surface area contributed by atoms with Crippen molar-refractivity contribution in [1.29, 1.82) is 0 Å². The lowest BCUT2D eigenvalue weighted by Gasteiger charge is -2.29. The molecule has 0 N–H and O–H groups in total. The monoisotopic (exact) mass is 564 g/mol. The normalized spacial score (nSPS) is 17.0. The summed E-state index contributed by atoms with van der Waals surface area (Å²) in [4.78, 5) is 0. The second-order valence-electron chi connectivity index (χ2n) is 11.1. The molecule has 0 aliphatic carbocycles. The molecule has 3 aromatic carbocycles. The van der Waals surface area contributed by atoms with E-state index in [1.165, 1.54) is 31.7 Å². The third-order valence-corrected chi connectivity index (χ3v) is 8.08. The number of ether oxygens (including phenoxy) is 2. The van der Waals surface area contributed by atoms with Crippen molar-refractivity contribution in [2.24, 2.45) is 0 Å². The first-order chi connectivity index (χ1) is 20.0. The van der Waals surface area contributed by atoms with Crippen LogP contribution >= 0.6 is 0 Å². The van der Waals surface area contributed by atoms with E-state index in [2.05, 4.69) is 13.5 Å². The van der Waals surface area contributed by atoms with Gasteiger partial charge in [0.05, 0.1) is 19.3 Å². The summed E-state index contributed by atoms with van der Waals surface area (Å²) in [6, 6.07) is 15.4. The van der Waals surface area contributed by atoms with Gasteiger partial charge in [-0.3, -0.25) is 0 Å². The van der Waals surface area contributed by atoms with Crippen LogP contribution in [0.4, 0.5) is 13.2 Å². The van der Waals surface area contributed by atoms with Crippen molar-refractivity contribution in [2.45, 2.75) is 89.6 Å². The maximum Gasteiger partial charge on any atom is 0.201 e. The maximum absolute atomic E-state index is 15.1. The number of allylic oxidation sites excluding steroid dienone is 1. The van der Waals surface area contributed by atoms with Gasteiger partial charge in [0.2, 0.25) is 5.82 Å². The van der Waals surface area contributed by atoms with Gasteiger partial charge in [0.15, 0.2) is 11.6 Å². The molecule has 1 aliphatic heterocycles. The Morgan fingerprint density at radius 2 is 1.54 bits per heavy atom. The standard InChI is InChI=1S/C36H43F3O2/c1-3-5-7-8-9-10-11-23-40-34-22-21-32(35(38)36(34)39)27-15-13-26(14-16-27)28-18-20-31(33(37)24-28)29-17-19-30(41-25-29)12-6-4-2/h4,13-16,18,20-22,24,29-30H,2-3,5-12,17,19,23,25H2,1H3. The van der Waals surface area contributed by atoms with E-state index >= 15 is 4.39 Å². The van der Waals surface area contributed by atoms with E-state index in [1.54, 1.807) is 36.4 Å². The van der Waals surface area contributed by atoms with Crippen molar-refractivity contribution >= 4 is 0 Å². The molecule has 0 aromatic heterocycles. The fraction of sp³-hybridized carbons (Fsp3) is 0.444. The van der Waals surface area contributed by atoms with E-state index in [1.807, 2.05) is 18.2 Å². The van der Waals surface area contributed by atoms with E-state index in [0.29, 0.717) is 24.3 Å². The SMILES string of the molecule is C=CCCC1CCC(c2ccc(-c3ccc(-c4ccc(OCCCCCCCCC)c(F)c4F)cc3)cc2F)CO1. The molecule has 1 saturated heterocycles. The van der Waals surface area contributed by atoms with Crippen LogP contribution in [0.15, 0.2) is 67.3 Å². The second kappa shape index (κ2) is 15.8. The van der Waals surface area contributed by atoms with Crippen molar-refractivity contribution < 1.29 is 22.6 Å². The van der Waals surface area contributed by atoms with Crippen LogP contribution in [-0.4, -0.2) is 19.3 Å². The molecule has 2 nitrogen and oxygen atoms in total. The van der Waals surface area contributed by atoms with Crippen molar-refractivity contribution in [2.75, 3.05) is 13.2 Å². The lowest BCUT2D eigenvalue weighted by atomic mass is 9.89. The number of rotatable bonds is 15. The highest BCUT2D eigenvalue weighted by molar-refractivity contribution is 5.71. The van der Waals surface area contributed by atoms with Crippen LogP contribution in [0.5, 0.6) is 5.75 Å². The highest BCUT2D eigenvalue weighted by Crippen LogP contribution is 2.35. The minimum absolute atomic E-state index is 0.0479. The number of halogens is 3. The second-order valence-corrected chi connectivity index (χ2v) is 11.1. The summed E-state index contributed by atoms with van der Waals surface area (Å²) in [6.07, 6.45) is 13.8. The lowest BCUT2D eigenvalue weighted by molar-refractivity contribution is -0.000784. The highest BCUT2D eigenvalue weighted by Gasteiger charge is 2.25. The van der Waals surface area contributed by atoms with Gasteiger partial charge in [-0.05, 0) is 72.6 Å². The molecule has 0 spiro atoms. The summed E-state index contributed by atoms with van der Waals surface area (Å²) >= 11 is 0. The zero-order valence-corrected chi connectivity index (χ0v) is 24.3. The molecule has 3 aromatic rings. The van der Waals surface area contributed by atoms with Gasteiger partial charge in [0, 0.05) is 11.5 Å². The van der Waals surface area contributed by atoms with Crippen LogP contribution in [0, 0.1) is 17.5 Å². The van der Waals surface area contributed by atoms with E-state index < -0.39 is 11.6 Å². The minimum atomic E-state index is -0.967. The van der Waals surface area contributed by atoms with E-state index in [-0.39, 0.29) is 29.2 Å². The Kier molecular flexibility index (Phi) is 11.9. The van der Waals surface area contributed by atoms with Gasteiger partial charge in [-0.1, -0.05) is 87.9 Å². The van der Waals surface area contributed by atoms with Gasteiger partial charge in [-0.2, -0.15) is 4.39 Å². The topological polar surface area (TPSA) is 18.5 Å². The molecule has 5 heteroatoms. The smallest absolute Gasteiger partial charge is 0.201 e. The third kappa shape index (κ3) is 8.48. The van der Waals surface area contributed by atoms with E-state index in [4.69, 9.17) is 9.47 Å². The lowest BCUT2D eigenvalue weighted by Crippen LogP contribution is -2.25. The number of unbranched alkanes of at least 4 members (excludes halogenated alkanes) is 6. The van der Waals surface area contributed by atoms with E-state index in [0.717, 1.165) is 56.1 Å². The van der Waals surface area contributed by atoms with Crippen LogP contribution < -0.4 is 4.74 Å². The van der Waals surface area contributed by atoms with Gasteiger partial charge < -0.3 is 9.47 Å². The number of hydrogen-bond acceptors (Lipinski definition) is 2. The van der Waals surface area contributed by atoms with Crippen molar-refractivity contribution in [3.05, 3.63) is 90.3 Å². The molecular weight excluding hydrogens is 521 g/mol. The molecule has 1 fully saturated rings. The molecule has 41 heavy (non-hydrogen) atoms. The maximum atomic E-state index is 15.1. The number of hydrogen-bond donors (Lipinski definition) is 0. The molecule has 1 heterocycles. The average Bonchev–Trinajstić information content (AvgIpc) is 3.00. The van der Waals surface area contributed by atoms with Gasteiger partial charge in [0.1, 0.15) is 5.82 Å². The fourth-order valence-electron chi connectivity index (χ4n) is 5.57. The Bertz CT molecular complexity index is 1250. The summed E-state index contributed by atoms with van der Waals surface area (Å²) in [5.41, 5.74) is 2.94. The Hall–Kier alpha value is -3.05. The third-order valence-electron chi connectivity index (χ3n) is 8.08. The average molecular weight is 565 g/mol. The molecular formula is C36H43F3O2. The number of benzene rings is 3. The molecule has 2 atom stereocenters. The fourth-order valence-corrected chi connectivity index (χ4v) is 5.57. The Morgan fingerprint density at radius 1 is 0.829 bits per heavy atom. The van der Waals surface area contributed by atoms with Crippen LogP contribution in [0.1, 0.15) is 89.0 Å². The van der Waals surface area contributed by atoms with Crippen LogP contribution in [0.25, 0.3) is 22.3 Å². The first kappa shape index (κ1) is 30.9. The predicted molar refractivity (Wildman–Crippen MR) is 162 cm³/mol. The molecule has 0 saturated carbocycles. The van der Waals surface area contributed by atoms with Crippen molar-refractivity contribution in [3.8, 4) is 28.0 Å². The summed E-state index contributed by atoms with van der Waals surface area (Å²) in [6.45, 7) is 6.85. The zero-order chi connectivity index (χ0) is 29.0. The summed E-state index contributed by atoms with van der Waals surface area (Å²) in [5.74, 6) is -2.14. The van der Waals surface area contributed by atoms with E-state index in [9.17, 15) is 8.78 Å². The summed E-state index contributed by atoms with van der Waals surface area (Å²) < 4.78 is 56.3. The van der Waals surface area contributed by atoms with Crippen LogP contribution in [0.2, 0.25) is 0 Å². The summed E-state index contributed by atoms with van der Waals surface area (Å²) in [5, 5.41) is 0. The van der Waals surface area contributed by atoms with Crippen molar-refractivity contribution in [3.63, 3.8) is 0 Å². The minimum Gasteiger partial charge on any atom is -0.490 e. The molecule has 4 rings (SSSR count). The highest BCUT2D eigenvalue weighted by atomic mass is 19.2. The molecule has 1 aliphatic rings. The Labute approximate surface area is 243 Å².